The summed E-state index contributed by atoms with van der Waals surface area (Å²) in [6, 6.07) is 7.64. The summed E-state index contributed by atoms with van der Waals surface area (Å²) in [6.07, 6.45) is 0.838. The van der Waals surface area contributed by atoms with Gasteiger partial charge in [0.2, 0.25) is 0 Å². The summed E-state index contributed by atoms with van der Waals surface area (Å²) in [5, 5.41) is 0.735. The Kier molecular flexibility index (Phi) is 4.42. The Bertz CT molecular complexity index is 312. The van der Waals surface area contributed by atoms with Gasteiger partial charge in [-0.25, -0.2) is 0 Å². The number of rotatable bonds is 3. The zero-order valence-corrected chi connectivity index (χ0v) is 10.2. The van der Waals surface area contributed by atoms with Crippen LogP contribution in [0.5, 0.6) is 0 Å². The maximum atomic E-state index is 10.8. The number of carbonyl (C=O) groups is 1. The molecule has 1 aromatic rings. The largest absolute Gasteiger partial charge is 0.336 e. The summed E-state index contributed by atoms with van der Waals surface area (Å²) < 4.78 is 0. The van der Waals surface area contributed by atoms with Crippen molar-refractivity contribution in [3.8, 4) is 0 Å². The first-order valence-corrected chi connectivity index (χ1v) is 5.42. The Labute approximate surface area is 97.0 Å². The lowest BCUT2D eigenvalue weighted by Crippen LogP contribution is -2.23. The van der Waals surface area contributed by atoms with E-state index < -0.39 is 0 Å². The minimum Gasteiger partial charge on any atom is -0.336 e. The third kappa shape index (κ3) is 3.68. The number of benzene rings is 1. The number of likely N-dealkylation sites (N-methyl/N-ethyl adjacent to an activating group) is 1. The third-order valence-electron chi connectivity index (χ3n) is 1.95. The minimum atomic E-state index is -0.0912. The van der Waals surface area contributed by atoms with E-state index >= 15 is 0 Å². The van der Waals surface area contributed by atoms with Crippen molar-refractivity contribution in [2.75, 3.05) is 13.6 Å². The maximum absolute atomic E-state index is 10.8. The predicted molar refractivity (Wildman–Crippen MR) is 62.1 cm³/mol. The smallest absolute Gasteiger partial charge is 0.289 e. The monoisotopic (exact) mass is 275 g/mol. The summed E-state index contributed by atoms with van der Waals surface area (Å²) in [5.74, 6) is 0. The molecule has 14 heavy (non-hydrogen) atoms. The van der Waals surface area contributed by atoms with Gasteiger partial charge in [-0.3, -0.25) is 4.79 Å². The second-order valence-corrected chi connectivity index (χ2v) is 4.17. The van der Waals surface area contributed by atoms with Crippen LogP contribution in [0.1, 0.15) is 5.56 Å². The van der Waals surface area contributed by atoms with Crippen molar-refractivity contribution in [1.82, 2.24) is 4.90 Å². The van der Waals surface area contributed by atoms with Crippen LogP contribution in [0.4, 0.5) is 4.79 Å². The number of hydrogen-bond donors (Lipinski definition) is 0. The molecule has 76 valence electrons. The average molecular weight is 277 g/mol. The molecule has 0 radical (unpaired) electrons. The molecular weight excluding hydrogens is 265 g/mol. The van der Waals surface area contributed by atoms with Crippen LogP contribution < -0.4 is 0 Å². The molecule has 0 saturated carbocycles. The molecule has 0 saturated heterocycles. The molecule has 0 atom stereocenters. The molecule has 0 aliphatic carbocycles. The van der Waals surface area contributed by atoms with Gasteiger partial charge in [-0.05, 0) is 24.1 Å². The molecule has 0 N–H and O–H groups in total. The van der Waals surface area contributed by atoms with E-state index in [4.69, 9.17) is 11.6 Å². The molecule has 0 fully saturated rings. The SMILES string of the molecule is CN(CCc1ccc(Cl)cc1)C(=O)Br. The van der Waals surface area contributed by atoms with Gasteiger partial charge in [0, 0.05) is 34.5 Å². The molecule has 0 heterocycles. The number of nitrogens with zero attached hydrogens (tertiary/aromatic N) is 1. The Morgan fingerprint density at radius 1 is 1.43 bits per heavy atom. The summed E-state index contributed by atoms with van der Waals surface area (Å²) in [4.78, 5) is 12.4. The highest BCUT2D eigenvalue weighted by molar-refractivity contribution is 9.18. The Morgan fingerprint density at radius 2 is 2.00 bits per heavy atom. The van der Waals surface area contributed by atoms with Gasteiger partial charge in [0.15, 0.2) is 0 Å². The van der Waals surface area contributed by atoms with Gasteiger partial charge in [-0.2, -0.15) is 0 Å². The normalized spacial score (nSPS) is 9.93. The van der Waals surface area contributed by atoms with Crippen LogP contribution in [0, 0.1) is 0 Å². The molecule has 2 nitrogen and oxygen atoms in total. The first kappa shape index (κ1) is 11.5. The number of carbonyl (C=O) groups excluding carboxylic acids is 1. The molecule has 0 spiro atoms. The van der Waals surface area contributed by atoms with Crippen molar-refractivity contribution in [1.29, 1.82) is 0 Å². The third-order valence-corrected chi connectivity index (χ3v) is 2.81. The van der Waals surface area contributed by atoms with Gasteiger partial charge in [0.25, 0.3) is 4.82 Å². The number of halogens is 2. The molecule has 0 bridgehead atoms. The Hall–Kier alpha value is -0.540. The van der Waals surface area contributed by atoms with E-state index in [1.54, 1.807) is 11.9 Å². The molecule has 0 aliphatic rings. The maximum Gasteiger partial charge on any atom is 0.289 e. The van der Waals surface area contributed by atoms with Crippen LogP contribution in [0.2, 0.25) is 5.02 Å². The summed E-state index contributed by atoms with van der Waals surface area (Å²) >= 11 is 8.64. The van der Waals surface area contributed by atoms with E-state index in [-0.39, 0.29) is 4.82 Å². The molecule has 1 rings (SSSR count). The molecule has 0 aromatic heterocycles. The minimum absolute atomic E-state index is 0.0912. The van der Waals surface area contributed by atoms with Crippen LogP contribution in [0.15, 0.2) is 24.3 Å². The van der Waals surface area contributed by atoms with Gasteiger partial charge >= 0.3 is 0 Å². The molecule has 1 aromatic carbocycles. The van der Waals surface area contributed by atoms with Gasteiger partial charge in [0.1, 0.15) is 0 Å². The highest BCUT2D eigenvalue weighted by Crippen LogP contribution is 2.10. The van der Waals surface area contributed by atoms with E-state index in [0.717, 1.165) is 11.4 Å². The average Bonchev–Trinajstić information content (AvgIpc) is 2.16. The highest BCUT2D eigenvalue weighted by Gasteiger charge is 2.03. The van der Waals surface area contributed by atoms with Gasteiger partial charge in [-0.1, -0.05) is 23.7 Å². The van der Waals surface area contributed by atoms with Gasteiger partial charge in [0.05, 0.1) is 0 Å². The second kappa shape index (κ2) is 5.37. The summed E-state index contributed by atoms with van der Waals surface area (Å²) in [7, 11) is 1.76. The second-order valence-electron chi connectivity index (χ2n) is 3.05. The fourth-order valence-electron chi connectivity index (χ4n) is 1.04. The van der Waals surface area contributed by atoms with E-state index in [0.29, 0.717) is 6.54 Å². The molecule has 4 heteroatoms. The lowest BCUT2D eigenvalue weighted by molar-refractivity contribution is 0.235. The van der Waals surface area contributed by atoms with Gasteiger partial charge in [-0.15, -0.1) is 0 Å². The fourth-order valence-corrected chi connectivity index (χ4v) is 1.34. The quantitative estimate of drug-likeness (QED) is 0.612. The molecule has 1 amide bonds. The predicted octanol–water partition coefficient (Wildman–Crippen LogP) is 3.33. The van der Waals surface area contributed by atoms with Crippen LogP contribution in [-0.4, -0.2) is 23.3 Å². The zero-order valence-electron chi connectivity index (χ0n) is 7.84. The lowest BCUT2D eigenvalue weighted by Gasteiger charge is -2.12. The van der Waals surface area contributed by atoms with E-state index in [1.807, 2.05) is 24.3 Å². The molecule has 0 aliphatic heterocycles. The van der Waals surface area contributed by atoms with E-state index in [1.165, 1.54) is 5.56 Å². The van der Waals surface area contributed by atoms with E-state index in [2.05, 4.69) is 15.9 Å². The first-order chi connectivity index (χ1) is 6.59. The van der Waals surface area contributed by atoms with Gasteiger partial charge < -0.3 is 4.90 Å². The van der Waals surface area contributed by atoms with Crippen LogP contribution >= 0.6 is 27.5 Å². The number of hydrogen-bond acceptors (Lipinski definition) is 1. The van der Waals surface area contributed by atoms with Crippen molar-refractivity contribution in [2.45, 2.75) is 6.42 Å². The highest BCUT2D eigenvalue weighted by atomic mass is 79.9. The van der Waals surface area contributed by atoms with E-state index in [9.17, 15) is 4.79 Å². The lowest BCUT2D eigenvalue weighted by atomic mass is 10.1. The van der Waals surface area contributed by atoms with Crippen molar-refractivity contribution in [3.63, 3.8) is 0 Å². The number of amides is 1. The van der Waals surface area contributed by atoms with Crippen LogP contribution in [0.3, 0.4) is 0 Å². The first-order valence-electron chi connectivity index (χ1n) is 4.24. The van der Waals surface area contributed by atoms with Crippen LogP contribution in [-0.2, 0) is 6.42 Å². The topological polar surface area (TPSA) is 20.3 Å². The Balaban J connectivity index is 2.46. The van der Waals surface area contributed by atoms with Crippen LogP contribution in [0.25, 0.3) is 0 Å². The standard InChI is InChI=1S/C10H11BrClNO/c1-13(10(11)14)7-6-8-2-4-9(12)5-3-8/h2-5H,6-7H2,1H3. The van der Waals surface area contributed by atoms with Crippen molar-refractivity contribution >= 4 is 32.3 Å². The van der Waals surface area contributed by atoms with Crippen molar-refractivity contribution in [2.24, 2.45) is 0 Å². The zero-order chi connectivity index (χ0) is 10.6. The molecule has 0 unspecified atom stereocenters. The molecular formula is C10H11BrClNO. The summed E-state index contributed by atoms with van der Waals surface area (Å²) in [6.45, 7) is 0.700. The van der Waals surface area contributed by atoms with Crippen molar-refractivity contribution < 1.29 is 4.79 Å². The Morgan fingerprint density at radius 3 is 2.50 bits per heavy atom. The summed E-state index contributed by atoms with van der Waals surface area (Å²) in [5.41, 5.74) is 1.18. The fraction of sp³-hybridized carbons (Fsp3) is 0.300. The van der Waals surface area contributed by atoms with Crippen molar-refractivity contribution in [3.05, 3.63) is 34.9 Å².